The molecule has 19 heavy (non-hydrogen) atoms. The van der Waals surface area contributed by atoms with E-state index >= 15 is 0 Å². The molecule has 5 heteroatoms. The Morgan fingerprint density at radius 3 is 2.53 bits per heavy atom. The fourth-order valence-corrected chi connectivity index (χ4v) is 1.84. The number of esters is 1. The fourth-order valence-electron chi connectivity index (χ4n) is 1.84. The highest BCUT2D eigenvalue weighted by Gasteiger charge is 2.19. The largest absolute Gasteiger partial charge is 0.466 e. The molecular weight excluding hydrogens is 251 g/mol. The summed E-state index contributed by atoms with van der Waals surface area (Å²) in [7, 11) is 2.69. The van der Waals surface area contributed by atoms with Crippen LogP contribution < -0.4 is 4.74 Å². The van der Waals surface area contributed by atoms with Crippen LogP contribution in [0.4, 0.5) is 4.39 Å². The molecule has 0 saturated heterocycles. The Labute approximate surface area is 109 Å². The maximum atomic E-state index is 14.0. The predicted octanol–water partition coefficient (Wildman–Crippen LogP) is 2.75. The van der Waals surface area contributed by atoms with E-state index in [-0.39, 0.29) is 18.1 Å². The molecule has 0 aliphatic rings. The molecular formula is C14H13FO4. The van der Waals surface area contributed by atoms with Gasteiger partial charge >= 0.3 is 5.97 Å². The molecule has 0 aromatic heterocycles. The van der Waals surface area contributed by atoms with E-state index in [1.54, 1.807) is 24.3 Å². The summed E-state index contributed by atoms with van der Waals surface area (Å²) in [4.78, 5) is 11.7. The van der Waals surface area contributed by atoms with Crippen LogP contribution in [0.3, 0.4) is 0 Å². The van der Waals surface area contributed by atoms with E-state index in [2.05, 4.69) is 4.74 Å². The molecule has 0 radical (unpaired) electrons. The van der Waals surface area contributed by atoms with E-state index in [1.165, 1.54) is 14.2 Å². The van der Waals surface area contributed by atoms with Gasteiger partial charge in [-0.15, -0.1) is 0 Å². The van der Waals surface area contributed by atoms with Crippen LogP contribution >= 0.6 is 0 Å². The zero-order valence-corrected chi connectivity index (χ0v) is 10.6. The molecule has 4 nitrogen and oxygen atoms in total. The molecule has 0 heterocycles. The average Bonchev–Trinajstić information content (AvgIpc) is 2.45. The molecule has 0 unspecified atom stereocenters. The minimum absolute atomic E-state index is 0.0377. The number of hydrogen-bond donors (Lipinski definition) is 0. The quantitative estimate of drug-likeness (QED) is 0.629. The molecule has 0 atom stereocenters. The van der Waals surface area contributed by atoms with Gasteiger partial charge in [-0.05, 0) is 6.07 Å². The molecule has 0 aliphatic carbocycles. The Morgan fingerprint density at radius 2 is 1.89 bits per heavy atom. The van der Waals surface area contributed by atoms with Crippen molar-refractivity contribution >= 4 is 16.7 Å². The van der Waals surface area contributed by atoms with E-state index < -0.39 is 11.8 Å². The Kier molecular flexibility index (Phi) is 3.97. The summed E-state index contributed by atoms with van der Waals surface area (Å²) in [5, 5.41) is 0.876. The van der Waals surface area contributed by atoms with E-state index in [9.17, 15) is 9.18 Å². The first kappa shape index (κ1) is 13.3. The fraction of sp³-hybridized carbons (Fsp3) is 0.214. The predicted molar refractivity (Wildman–Crippen MR) is 67.7 cm³/mol. The van der Waals surface area contributed by atoms with Gasteiger partial charge < -0.3 is 14.2 Å². The molecule has 2 aromatic carbocycles. The number of fused-ring (bicyclic) bond motifs is 1. The van der Waals surface area contributed by atoms with Gasteiger partial charge in [0.1, 0.15) is 17.1 Å². The van der Waals surface area contributed by atoms with Crippen LogP contribution in [0.5, 0.6) is 5.75 Å². The van der Waals surface area contributed by atoms with Crippen molar-refractivity contribution in [2.45, 2.75) is 0 Å². The highest BCUT2D eigenvalue weighted by molar-refractivity contribution is 6.01. The number of carbonyl (C=O) groups is 1. The number of carbonyl (C=O) groups excluding carboxylic acids is 1. The van der Waals surface area contributed by atoms with Gasteiger partial charge in [0.15, 0.2) is 6.79 Å². The van der Waals surface area contributed by atoms with Crippen molar-refractivity contribution in [3.8, 4) is 5.75 Å². The van der Waals surface area contributed by atoms with E-state index in [4.69, 9.17) is 9.47 Å². The van der Waals surface area contributed by atoms with Crippen molar-refractivity contribution in [1.82, 2.24) is 0 Å². The number of rotatable bonds is 4. The summed E-state index contributed by atoms with van der Waals surface area (Å²) in [5.74, 6) is -0.901. The summed E-state index contributed by atoms with van der Waals surface area (Å²) >= 11 is 0. The van der Waals surface area contributed by atoms with Gasteiger partial charge in [-0.1, -0.05) is 24.3 Å². The second kappa shape index (κ2) is 5.67. The van der Waals surface area contributed by atoms with Gasteiger partial charge in [0.25, 0.3) is 0 Å². The maximum absolute atomic E-state index is 14.0. The van der Waals surface area contributed by atoms with Crippen molar-refractivity contribution in [1.29, 1.82) is 0 Å². The molecule has 0 spiro atoms. The normalized spacial score (nSPS) is 10.5. The zero-order valence-electron chi connectivity index (χ0n) is 10.6. The van der Waals surface area contributed by atoms with Gasteiger partial charge in [-0.25, -0.2) is 9.18 Å². The third-order valence-electron chi connectivity index (χ3n) is 2.67. The number of methoxy groups -OCH3 is 2. The highest BCUT2D eigenvalue weighted by atomic mass is 19.1. The molecule has 0 amide bonds. The number of halogens is 1. The first-order valence-corrected chi connectivity index (χ1v) is 5.60. The van der Waals surface area contributed by atoms with Crippen LogP contribution in [0, 0.1) is 5.82 Å². The Bertz CT molecular complexity index is 610. The lowest BCUT2D eigenvalue weighted by molar-refractivity contribution is 0.0474. The van der Waals surface area contributed by atoms with E-state index in [1.807, 2.05) is 0 Å². The Morgan fingerprint density at radius 1 is 1.21 bits per heavy atom. The average molecular weight is 264 g/mol. The lowest BCUT2D eigenvalue weighted by Gasteiger charge is -2.13. The Balaban J connectivity index is 2.68. The first-order chi connectivity index (χ1) is 9.19. The molecule has 0 bridgehead atoms. The number of ether oxygens (including phenoxy) is 3. The van der Waals surface area contributed by atoms with Crippen molar-refractivity contribution in [3.63, 3.8) is 0 Å². The second-order valence-corrected chi connectivity index (χ2v) is 3.82. The molecule has 2 rings (SSSR count). The summed E-state index contributed by atoms with van der Waals surface area (Å²) in [6.45, 7) is -0.0420. The van der Waals surface area contributed by atoms with Crippen LogP contribution in [-0.4, -0.2) is 27.0 Å². The Hall–Kier alpha value is -2.14. The van der Waals surface area contributed by atoms with Gasteiger partial charge in [0.2, 0.25) is 0 Å². The molecule has 0 aliphatic heterocycles. The minimum Gasteiger partial charge on any atom is -0.466 e. The van der Waals surface area contributed by atoms with Crippen LogP contribution in [0.15, 0.2) is 30.3 Å². The second-order valence-electron chi connectivity index (χ2n) is 3.82. The topological polar surface area (TPSA) is 44.8 Å². The number of benzene rings is 2. The SMILES string of the molecule is COCOc1c(C(=O)OC)cc(F)c2ccccc12. The van der Waals surface area contributed by atoms with Crippen molar-refractivity contribution in [2.24, 2.45) is 0 Å². The van der Waals surface area contributed by atoms with Gasteiger partial charge in [-0.3, -0.25) is 0 Å². The maximum Gasteiger partial charge on any atom is 0.341 e. The van der Waals surface area contributed by atoms with Crippen molar-refractivity contribution in [2.75, 3.05) is 21.0 Å². The summed E-state index contributed by atoms with van der Waals surface area (Å²) in [6, 6.07) is 7.85. The molecule has 0 saturated carbocycles. The smallest absolute Gasteiger partial charge is 0.341 e. The van der Waals surface area contributed by atoms with Crippen LogP contribution in [-0.2, 0) is 9.47 Å². The monoisotopic (exact) mass is 264 g/mol. The molecule has 0 fully saturated rings. The van der Waals surface area contributed by atoms with Gasteiger partial charge in [0.05, 0.1) is 7.11 Å². The summed E-state index contributed by atoms with van der Waals surface area (Å²) < 4.78 is 28.8. The number of hydrogen-bond acceptors (Lipinski definition) is 4. The third kappa shape index (κ3) is 2.51. The van der Waals surface area contributed by atoms with Crippen LogP contribution in [0.25, 0.3) is 10.8 Å². The van der Waals surface area contributed by atoms with Crippen LogP contribution in [0.2, 0.25) is 0 Å². The molecule has 0 N–H and O–H groups in total. The lowest BCUT2D eigenvalue weighted by atomic mass is 10.0. The van der Waals surface area contributed by atoms with Gasteiger partial charge in [0, 0.05) is 17.9 Å². The minimum atomic E-state index is -0.657. The zero-order chi connectivity index (χ0) is 13.8. The molecule has 2 aromatic rings. The highest BCUT2D eigenvalue weighted by Crippen LogP contribution is 2.32. The molecule has 100 valence electrons. The lowest BCUT2D eigenvalue weighted by Crippen LogP contribution is -2.09. The van der Waals surface area contributed by atoms with E-state index in [0.29, 0.717) is 10.8 Å². The third-order valence-corrected chi connectivity index (χ3v) is 2.67. The summed E-state index contributed by atoms with van der Waals surface area (Å²) in [5.41, 5.74) is 0.0377. The van der Waals surface area contributed by atoms with Crippen LogP contribution in [0.1, 0.15) is 10.4 Å². The van der Waals surface area contributed by atoms with Crippen molar-refractivity contribution < 1.29 is 23.4 Å². The van der Waals surface area contributed by atoms with E-state index in [0.717, 1.165) is 6.07 Å². The first-order valence-electron chi connectivity index (χ1n) is 5.60. The summed E-state index contributed by atoms with van der Waals surface area (Å²) in [6.07, 6.45) is 0. The van der Waals surface area contributed by atoms with Crippen molar-refractivity contribution in [3.05, 3.63) is 41.7 Å². The van der Waals surface area contributed by atoms with Gasteiger partial charge in [-0.2, -0.15) is 0 Å². The standard InChI is InChI=1S/C14H13FO4/c1-17-8-19-13-10-6-4-3-5-9(10)12(15)7-11(13)14(16)18-2/h3-7H,8H2,1-2H3.